The van der Waals surface area contributed by atoms with Crippen molar-refractivity contribution in [2.75, 3.05) is 37.7 Å². The molecule has 2 heterocycles. The van der Waals surface area contributed by atoms with E-state index in [1.807, 2.05) is 23.1 Å². The second kappa shape index (κ2) is 9.48. The summed E-state index contributed by atoms with van der Waals surface area (Å²) in [6.45, 7) is 4.51. The molecule has 0 aliphatic carbocycles. The number of aromatic nitrogens is 2. The van der Waals surface area contributed by atoms with E-state index in [4.69, 9.17) is 4.74 Å². The lowest BCUT2D eigenvalue weighted by Gasteiger charge is -2.27. The monoisotopic (exact) mass is 386 g/mol. The number of carbonyl (C=O) groups excluding carboxylic acids is 1. The topological polar surface area (TPSA) is 108 Å². The van der Waals surface area contributed by atoms with Gasteiger partial charge in [-0.2, -0.15) is 0 Å². The quantitative estimate of drug-likeness (QED) is 0.647. The van der Waals surface area contributed by atoms with Crippen molar-refractivity contribution in [3.05, 3.63) is 57.5 Å². The Morgan fingerprint density at radius 3 is 2.71 bits per heavy atom. The maximum absolute atomic E-state index is 12.4. The summed E-state index contributed by atoms with van der Waals surface area (Å²) in [6.07, 6.45) is -0.306. The van der Waals surface area contributed by atoms with E-state index < -0.39 is 6.10 Å². The number of H-pyrrole nitrogens is 1. The second-order valence-electron chi connectivity index (χ2n) is 6.78. The number of carbonyl (C=O) groups is 1. The van der Waals surface area contributed by atoms with Gasteiger partial charge in [0.1, 0.15) is 0 Å². The number of benzene rings is 1. The van der Waals surface area contributed by atoms with Crippen molar-refractivity contribution in [1.82, 2.24) is 15.3 Å². The van der Waals surface area contributed by atoms with E-state index >= 15 is 0 Å². The van der Waals surface area contributed by atoms with Gasteiger partial charge in [0.2, 0.25) is 11.9 Å². The number of aliphatic hydroxyl groups excluding tert-OH is 1. The summed E-state index contributed by atoms with van der Waals surface area (Å²) in [5, 5.41) is 12.8. The van der Waals surface area contributed by atoms with Crippen LogP contribution in [0.3, 0.4) is 0 Å². The number of amides is 1. The van der Waals surface area contributed by atoms with E-state index in [-0.39, 0.29) is 24.4 Å². The maximum atomic E-state index is 12.4. The normalized spacial score (nSPS) is 15.3. The minimum Gasteiger partial charge on any atom is -0.387 e. The molecule has 1 aromatic heterocycles. The van der Waals surface area contributed by atoms with Crippen molar-refractivity contribution in [1.29, 1.82) is 0 Å². The van der Waals surface area contributed by atoms with E-state index in [9.17, 15) is 14.7 Å². The molecule has 8 heteroatoms. The van der Waals surface area contributed by atoms with Gasteiger partial charge in [-0.15, -0.1) is 0 Å². The van der Waals surface area contributed by atoms with Crippen molar-refractivity contribution in [2.45, 2.75) is 25.9 Å². The Morgan fingerprint density at radius 2 is 2.04 bits per heavy atom. The van der Waals surface area contributed by atoms with Gasteiger partial charge in [0.25, 0.3) is 5.56 Å². The molecule has 1 aliphatic heterocycles. The van der Waals surface area contributed by atoms with Crippen molar-refractivity contribution in [2.24, 2.45) is 0 Å². The van der Waals surface area contributed by atoms with Crippen LogP contribution in [0.25, 0.3) is 0 Å². The van der Waals surface area contributed by atoms with Gasteiger partial charge in [-0.3, -0.25) is 14.6 Å². The Balaban J connectivity index is 1.53. The van der Waals surface area contributed by atoms with Gasteiger partial charge < -0.3 is 20.1 Å². The highest BCUT2D eigenvalue weighted by atomic mass is 16.5. The maximum Gasteiger partial charge on any atom is 0.255 e. The summed E-state index contributed by atoms with van der Waals surface area (Å²) in [4.78, 5) is 33.8. The van der Waals surface area contributed by atoms with Crippen LogP contribution >= 0.6 is 0 Å². The minimum absolute atomic E-state index is 0.131. The molecule has 0 spiro atoms. The molecule has 0 radical (unpaired) electrons. The Labute approximate surface area is 163 Å². The predicted octanol–water partition coefficient (Wildman–Crippen LogP) is 0.697. The molecule has 1 fully saturated rings. The molecule has 2 aromatic rings. The van der Waals surface area contributed by atoms with Gasteiger partial charge >= 0.3 is 0 Å². The molecule has 0 bridgehead atoms. The lowest BCUT2D eigenvalue weighted by molar-refractivity contribution is -0.121. The van der Waals surface area contributed by atoms with Gasteiger partial charge in [-0.05, 0) is 18.9 Å². The van der Waals surface area contributed by atoms with Crippen LogP contribution in [0.5, 0.6) is 0 Å². The van der Waals surface area contributed by atoms with Crippen molar-refractivity contribution < 1.29 is 14.6 Å². The number of nitrogens with one attached hydrogen (secondary N) is 2. The third kappa shape index (κ3) is 5.17. The van der Waals surface area contributed by atoms with Crippen molar-refractivity contribution >= 4 is 11.9 Å². The van der Waals surface area contributed by atoms with Gasteiger partial charge in [0.05, 0.1) is 19.3 Å². The zero-order valence-corrected chi connectivity index (χ0v) is 16.0. The SMILES string of the molecule is Cc1nc(N2CCOCC2)[nH]c(=O)c1CCC(=O)NCC(O)c1ccccc1. The van der Waals surface area contributed by atoms with Crippen LogP contribution in [-0.2, 0) is 16.0 Å². The highest BCUT2D eigenvalue weighted by molar-refractivity contribution is 5.76. The Kier molecular flexibility index (Phi) is 6.78. The number of aliphatic hydroxyl groups is 1. The molecular formula is C20H26N4O4. The van der Waals surface area contributed by atoms with Crippen LogP contribution in [0.2, 0.25) is 0 Å². The number of hydrogen-bond acceptors (Lipinski definition) is 6. The Bertz CT molecular complexity index is 847. The van der Waals surface area contributed by atoms with Crippen LogP contribution < -0.4 is 15.8 Å². The molecule has 28 heavy (non-hydrogen) atoms. The van der Waals surface area contributed by atoms with Crippen molar-refractivity contribution in [3.8, 4) is 0 Å². The number of aryl methyl sites for hydroxylation is 1. The molecule has 1 saturated heterocycles. The summed E-state index contributed by atoms with van der Waals surface area (Å²) in [6, 6.07) is 9.15. The molecule has 1 aliphatic rings. The van der Waals surface area contributed by atoms with Gasteiger partial charge in [0, 0.05) is 37.3 Å². The molecule has 1 amide bonds. The van der Waals surface area contributed by atoms with E-state index in [1.165, 1.54) is 0 Å². The molecule has 1 atom stereocenters. The molecule has 0 saturated carbocycles. The zero-order valence-electron chi connectivity index (χ0n) is 16.0. The smallest absolute Gasteiger partial charge is 0.255 e. The van der Waals surface area contributed by atoms with Gasteiger partial charge in [0.15, 0.2) is 0 Å². The number of rotatable bonds is 7. The number of aromatic amines is 1. The second-order valence-corrected chi connectivity index (χ2v) is 6.78. The summed E-state index contributed by atoms with van der Waals surface area (Å²) in [5.74, 6) is 0.330. The van der Waals surface area contributed by atoms with E-state index in [1.54, 1.807) is 19.1 Å². The van der Waals surface area contributed by atoms with E-state index in [0.717, 1.165) is 5.56 Å². The number of nitrogens with zero attached hydrogens (tertiary/aromatic N) is 2. The van der Waals surface area contributed by atoms with E-state index in [2.05, 4.69) is 15.3 Å². The largest absolute Gasteiger partial charge is 0.387 e. The van der Waals surface area contributed by atoms with Crippen LogP contribution in [0.15, 0.2) is 35.1 Å². The lowest BCUT2D eigenvalue weighted by atomic mass is 10.1. The average Bonchev–Trinajstić information content (AvgIpc) is 2.72. The molecule has 3 N–H and O–H groups in total. The number of hydrogen-bond donors (Lipinski definition) is 3. The minimum atomic E-state index is -0.759. The standard InChI is InChI=1S/C20H26N4O4/c1-14-16(19(27)23-20(22-14)24-9-11-28-12-10-24)7-8-18(26)21-13-17(25)15-5-3-2-4-6-15/h2-6,17,25H,7-13H2,1H3,(H,21,26)(H,22,23,27). The fourth-order valence-electron chi connectivity index (χ4n) is 3.15. The van der Waals surface area contributed by atoms with Crippen LogP contribution in [-0.4, -0.2) is 53.8 Å². The summed E-state index contributed by atoms with van der Waals surface area (Å²) in [7, 11) is 0. The molecule has 1 unspecified atom stereocenters. The molecule has 8 nitrogen and oxygen atoms in total. The highest BCUT2D eigenvalue weighted by Crippen LogP contribution is 2.12. The number of morpholine rings is 1. The molecule has 1 aromatic carbocycles. The fourth-order valence-corrected chi connectivity index (χ4v) is 3.15. The average molecular weight is 386 g/mol. The summed E-state index contributed by atoms with van der Waals surface area (Å²) >= 11 is 0. The lowest BCUT2D eigenvalue weighted by Crippen LogP contribution is -2.38. The van der Waals surface area contributed by atoms with Crippen molar-refractivity contribution in [3.63, 3.8) is 0 Å². The first-order chi connectivity index (χ1) is 13.5. The van der Waals surface area contributed by atoms with Crippen LogP contribution in [0.4, 0.5) is 5.95 Å². The fraction of sp³-hybridized carbons (Fsp3) is 0.450. The summed E-state index contributed by atoms with van der Waals surface area (Å²) in [5.41, 5.74) is 1.67. The van der Waals surface area contributed by atoms with Gasteiger partial charge in [-0.1, -0.05) is 30.3 Å². The molecule has 150 valence electrons. The zero-order chi connectivity index (χ0) is 19.9. The first-order valence-electron chi connectivity index (χ1n) is 9.47. The molecule has 3 rings (SSSR count). The van der Waals surface area contributed by atoms with Crippen LogP contribution in [0, 0.1) is 6.92 Å². The first kappa shape index (κ1) is 20.0. The first-order valence-corrected chi connectivity index (χ1v) is 9.47. The highest BCUT2D eigenvalue weighted by Gasteiger charge is 2.17. The summed E-state index contributed by atoms with van der Waals surface area (Å²) < 4.78 is 5.31. The Morgan fingerprint density at radius 1 is 1.32 bits per heavy atom. The Hall–Kier alpha value is -2.71. The number of ether oxygens (including phenoxy) is 1. The predicted molar refractivity (Wildman–Crippen MR) is 105 cm³/mol. The van der Waals surface area contributed by atoms with E-state index in [0.29, 0.717) is 49.9 Å². The number of anilines is 1. The van der Waals surface area contributed by atoms with Gasteiger partial charge in [-0.25, -0.2) is 4.98 Å². The third-order valence-corrected chi connectivity index (χ3v) is 4.80. The molecular weight excluding hydrogens is 360 g/mol. The van der Waals surface area contributed by atoms with Crippen LogP contribution in [0.1, 0.15) is 29.3 Å². The third-order valence-electron chi connectivity index (χ3n) is 4.80.